The van der Waals surface area contributed by atoms with Crippen molar-refractivity contribution in [3.63, 3.8) is 0 Å². The average molecular weight is 317 g/mol. The minimum atomic E-state index is -4.50. The van der Waals surface area contributed by atoms with Gasteiger partial charge in [0.1, 0.15) is 23.4 Å². The number of hydrogen-bond donors (Lipinski definition) is 1. The molecule has 0 aliphatic carbocycles. The van der Waals surface area contributed by atoms with Crippen LogP contribution in [0.1, 0.15) is 11.4 Å². The Hall–Kier alpha value is -3.26. The summed E-state index contributed by atoms with van der Waals surface area (Å²) >= 11 is 0. The Morgan fingerprint density at radius 2 is 1.83 bits per heavy atom. The molecule has 5 nitrogen and oxygen atoms in total. The van der Waals surface area contributed by atoms with Crippen molar-refractivity contribution >= 4 is 5.69 Å². The van der Waals surface area contributed by atoms with Crippen molar-refractivity contribution in [2.24, 2.45) is 0 Å². The number of aromatic nitrogens is 2. The topological polar surface area (TPSA) is 77.4 Å². The van der Waals surface area contributed by atoms with Crippen molar-refractivity contribution in [3.8, 4) is 17.8 Å². The molecule has 0 aliphatic rings. The van der Waals surface area contributed by atoms with Crippen LogP contribution in [0.3, 0.4) is 0 Å². The van der Waals surface area contributed by atoms with Crippen LogP contribution in [0.15, 0.2) is 42.1 Å². The fourth-order valence-electron chi connectivity index (χ4n) is 1.84. The predicted molar refractivity (Wildman–Crippen MR) is 76.2 cm³/mol. The Balaban J connectivity index is 2.30. The zero-order chi connectivity index (χ0) is 17.0. The van der Waals surface area contributed by atoms with Crippen molar-refractivity contribution in [1.82, 2.24) is 9.78 Å². The number of allylic oxidation sites excluding steroid dienone is 1. The Morgan fingerprint density at radius 3 is 2.35 bits per heavy atom. The van der Waals surface area contributed by atoms with Crippen LogP contribution in [0.25, 0.3) is 5.69 Å². The second-order valence-electron chi connectivity index (χ2n) is 4.55. The van der Waals surface area contributed by atoms with Crippen molar-refractivity contribution in [2.45, 2.75) is 13.1 Å². The molecule has 116 valence electrons. The molecule has 0 fully saturated rings. The quantitative estimate of drug-likeness (QED) is 0.878. The molecule has 0 atom stereocenters. The first-order valence-electron chi connectivity index (χ1n) is 6.36. The molecule has 0 saturated heterocycles. The van der Waals surface area contributed by atoms with Crippen molar-refractivity contribution < 1.29 is 13.2 Å². The first-order valence-corrected chi connectivity index (χ1v) is 6.36. The smallest absolute Gasteiger partial charge is 0.360 e. The Labute approximate surface area is 129 Å². The number of anilines is 1. The number of aryl methyl sites for hydroxylation is 1. The van der Waals surface area contributed by atoms with Gasteiger partial charge >= 0.3 is 6.18 Å². The third kappa shape index (κ3) is 3.69. The van der Waals surface area contributed by atoms with Crippen molar-refractivity contribution in [2.75, 3.05) is 5.32 Å². The van der Waals surface area contributed by atoms with Gasteiger partial charge in [0.25, 0.3) is 0 Å². The van der Waals surface area contributed by atoms with E-state index in [2.05, 4.69) is 10.4 Å². The van der Waals surface area contributed by atoms with E-state index in [1.54, 1.807) is 12.1 Å². The molecule has 0 amide bonds. The van der Waals surface area contributed by atoms with Gasteiger partial charge in [-0.3, -0.25) is 0 Å². The SMILES string of the molecule is Cc1cc(C(F)(F)F)n(-c2ccc(NC=C(C#N)C#N)cc2)n1. The lowest BCUT2D eigenvalue weighted by Crippen LogP contribution is -2.13. The summed E-state index contributed by atoms with van der Waals surface area (Å²) in [6.07, 6.45) is -3.29. The van der Waals surface area contributed by atoms with Crippen LogP contribution in [0, 0.1) is 29.6 Å². The Morgan fingerprint density at radius 1 is 1.22 bits per heavy atom. The predicted octanol–water partition coefficient (Wildman–Crippen LogP) is 3.54. The molecule has 1 aromatic heterocycles. The van der Waals surface area contributed by atoms with Gasteiger partial charge in [-0.1, -0.05) is 0 Å². The largest absolute Gasteiger partial charge is 0.433 e. The summed E-state index contributed by atoms with van der Waals surface area (Å²) in [5.74, 6) is 0. The van der Waals surface area contributed by atoms with Gasteiger partial charge in [0, 0.05) is 11.9 Å². The molecule has 0 saturated carbocycles. The molecule has 1 heterocycles. The van der Waals surface area contributed by atoms with E-state index in [0.29, 0.717) is 5.69 Å². The summed E-state index contributed by atoms with van der Waals surface area (Å²) < 4.78 is 39.7. The van der Waals surface area contributed by atoms with Crippen LogP contribution in [0.4, 0.5) is 18.9 Å². The molecule has 2 aromatic rings. The van der Waals surface area contributed by atoms with Crippen LogP contribution in [0.5, 0.6) is 0 Å². The number of nitrogens with zero attached hydrogens (tertiary/aromatic N) is 4. The lowest BCUT2D eigenvalue weighted by molar-refractivity contribution is -0.142. The Kier molecular flexibility index (Phi) is 4.37. The molecule has 2 rings (SSSR count). The first kappa shape index (κ1) is 16.1. The van der Waals surface area contributed by atoms with Crippen LogP contribution >= 0.6 is 0 Å². The van der Waals surface area contributed by atoms with Gasteiger partial charge < -0.3 is 5.32 Å². The minimum absolute atomic E-state index is 0.115. The summed E-state index contributed by atoms with van der Waals surface area (Å²) in [5, 5.41) is 23.8. The van der Waals surface area contributed by atoms with E-state index in [4.69, 9.17) is 10.5 Å². The number of hydrogen-bond acceptors (Lipinski definition) is 4. The normalized spacial score (nSPS) is 10.5. The molecule has 0 aliphatic heterocycles. The highest BCUT2D eigenvalue weighted by Gasteiger charge is 2.35. The minimum Gasteiger partial charge on any atom is -0.360 e. The third-order valence-corrected chi connectivity index (χ3v) is 2.86. The molecule has 8 heteroatoms. The fraction of sp³-hybridized carbons (Fsp3) is 0.133. The van der Waals surface area contributed by atoms with Crippen LogP contribution < -0.4 is 5.32 Å². The molecule has 0 radical (unpaired) electrons. The number of nitriles is 2. The van der Waals surface area contributed by atoms with Gasteiger partial charge in [0.05, 0.1) is 11.4 Å². The number of alkyl halides is 3. The highest BCUT2D eigenvalue weighted by atomic mass is 19.4. The van der Waals surface area contributed by atoms with Crippen LogP contribution in [-0.4, -0.2) is 9.78 Å². The van der Waals surface area contributed by atoms with E-state index in [1.807, 2.05) is 0 Å². The van der Waals surface area contributed by atoms with Gasteiger partial charge in [0.2, 0.25) is 0 Å². The number of benzene rings is 1. The van der Waals surface area contributed by atoms with Crippen molar-refractivity contribution in [1.29, 1.82) is 10.5 Å². The molecule has 23 heavy (non-hydrogen) atoms. The molecule has 1 N–H and O–H groups in total. The van der Waals surface area contributed by atoms with Crippen LogP contribution in [0.2, 0.25) is 0 Å². The maximum Gasteiger partial charge on any atom is 0.433 e. The zero-order valence-electron chi connectivity index (χ0n) is 11.9. The maximum absolute atomic E-state index is 13.0. The van der Waals surface area contributed by atoms with Gasteiger partial charge in [-0.2, -0.15) is 28.8 Å². The van der Waals surface area contributed by atoms with E-state index in [-0.39, 0.29) is 17.0 Å². The number of halogens is 3. The standard InChI is InChI=1S/C15H10F3N5/c1-10-6-14(15(16,17)18)23(22-10)13-4-2-12(3-5-13)21-9-11(7-19)8-20/h2-6,9,21H,1H3. The summed E-state index contributed by atoms with van der Waals surface area (Å²) in [4.78, 5) is 0. The highest BCUT2D eigenvalue weighted by molar-refractivity contribution is 5.52. The average Bonchev–Trinajstić information content (AvgIpc) is 2.91. The molecule has 0 unspecified atom stereocenters. The lowest BCUT2D eigenvalue weighted by Gasteiger charge is -2.10. The molecule has 1 aromatic carbocycles. The second-order valence-corrected chi connectivity index (χ2v) is 4.55. The number of rotatable bonds is 3. The molecule has 0 spiro atoms. The number of nitrogens with one attached hydrogen (secondary N) is 1. The van der Waals surface area contributed by atoms with Gasteiger partial charge in [-0.05, 0) is 37.3 Å². The van der Waals surface area contributed by atoms with Crippen LogP contribution in [-0.2, 0) is 6.18 Å². The highest BCUT2D eigenvalue weighted by Crippen LogP contribution is 2.31. The van der Waals surface area contributed by atoms with Crippen molar-refractivity contribution in [3.05, 3.63) is 53.5 Å². The summed E-state index contributed by atoms with van der Waals surface area (Å²) in [7, 11) is 0. The third-order valence-electron chi connectivity index (χ3n) is 2.86. The van der Waals surface area contributed by atoms with E-state index in [9.17, 15) is 13.2 Å². The zero-order valence-corrected chi connectivity index (χ0v) is 11.9. The summed E-state index contributed by atoms with van der Waals surface area (Å²) in [6, 6.07) is 10.3. The monoisotopic (exact) mass is 317 g/mol. The van der Waals surface area contributed by atoms with Gasteiger partial charge in [-0.15, -0.1) is 0 Å². The fourth-order valence-corrected chi connectivity index (χ4v) is 1.84. The van der Waals surface area contributed by atoms with Gasteiger partial charge in [-0.25, -0.2) is 4.68 Å². The second kappa shape index (κ2) is 6.24. The molecular formula is C15H10F3N5. The first-order chi connectivity index (χ1) is 10.8. The van der Waals surface area contributed by atoms with E-state index < -0.39 is 11.9 Å². The van der Waals surface area contributed by atoms with E-state index in [0.717, 1.165) is 10.7 Å². The molecular weight excluding hydrogens is 307 g/mol. The lowest BCUT2D eigenvalue weighted by atomic mass is 10.2. The summed E-state index contributed by atoms with van der Waals surface area (Å²) in [6.45, 7) is 1.48. The van der Waals surface area contributed by atoms with Gasteiger partial charge in [0.15, 0.2) is 0 Å². The Bertz CT molecular complexity index is 801. The maximum atomic E-state index is 13.0. The van der Waals surface area contributed by atoms with E-state index in [1.165, 1.54) is 37.4 Å². The van der Waals surface area contributed by atoms with E-state index >= 15 is 0 Å². The summed E-state index contributed by atoms with van der Waals surface area (Å²) in [5.41, 5.74) is 0.0630. The molecule has 0 bridgehead atoms.